The number of hydrogen-bond donors (Lipinski definition) is 0. The van der Waals surface area contributed by atoms with Crippen LogP contribution in [0.5, 0.6) is 0 Å². The van der Waals surface area contributed by atoms with Crippen molar-refractivity contribution in [2.45, 2.75) is 32.1 Å². The Balaban J connectivity index is 1.55. The van der Waals surface area contributed by atoms with Gasteiger partial charge in [-0.25, -0.2) is 0 Å². The lowest BCUT2D eigenvalue weighted by molar-refractivity contribution is -0.146. The number of hydrogen-bond acceptors (Lipinski definition) is 3. The highest BCUT2D eigenvalue weighted by Crippen LogP contribution is 2.40. The zero-order chi connectivity index (χ0) is 17.7. The number of piperidine rings is 1. The Morgan fingerprint density at radius 3 is 2.76 bits per heavy atom. The first-order valence-corrected chi connectivity index (χ1v) is 9.25. The number of benzene rings is 1. The molecule has 136 valence electrons. The second-order valence-electron chi connectivity index (χ2n) is 7.26. The van der Waals surface area contributed by atoms with Crippen molar-refractivity contribution in [1.82, 2.24) is 9.80 Å². The third kappa shape index (κ3) is 4.03. The highest BCUT2D eigenvalue weighted by molar-refractivity contribution is 5.86. The van der Waals surface area contributed by atoms with Gasteiger partial charge in [0.05, 0.1) is 5.41 Å². The Morgan fingerprint density at radius 1 is 1.20 bits per heavy atom. The molecule has 25 heavy (non-hydrogen) atoms. The van der Waals surface area contributed by atoms with Crippen LogP contribution >= 0.6 is 0 Å². The first-order chi connectivity index (χ1) is 12.1. The number of amides is 2. The van der Waals surface area contributed by atoms with Crippen molar-refractivity contribution in [3.63, 3.8) is 0 Å². The first kappa shape index (κ1) is 17.9. The molecule has 2 fully saturated rings. The Bertz CT molecular complexity index is 604. The van der Waals surface area contributed by atoms with Crippen LogP contribution in [0.3, 0.4) is 0 Å². The molecule has 1 aromatic carbocycles. The molecule has 5 nitrogen and oxygen atoms in total. The summed E-state index contributed by atoms with van der Waals surface area (Å²) in [5.74, 6) is 0.243. The fourth-order valence-corrected chi connectivity index (χ4v) is 4.16. The first-order valence-electron chi connectivity index (χ1n) is 9.25. The maximum absolute atomic E-state index is 13.1. The van der Waals surface area contributed by atoms with Gasteiger partial charge < -0.3 is 14.5 Å². The van der Waals surface area contributed by atoms with Gasteiger partial charge in [-0.3, -0.25) is 9.59 Å². The molecule has 1 aromatic rings. The summed E-state index contributed by atoms with van der Waals surface area (Å²) in [6.07, 6.45) is 4.70. The Kier molecular flexibility index (Phi) is 5.74. The normalized spacial score (nSPS) is 23.5. The zero-order valence-electron chi connectivity index (χ0n) is 15.1. The average Bonchev–Trinajstić information content (AvgIpc) is 3.05. The molecule has 0 bridgehead atoms. The van der Waals surface area contributed by atoms with Gasteiger partial charge in [-0.1, -0.05) is 30.3 Å². The molecule has 0 radical (unpaired) electrons. The van der Waals surface area contributed by atoms with E-state index in [1.807, 2.05) is 11.0 Å². The fraction of sp³-hybridized carbons (Fsp3) is 0.600. The monoisotopic (exact) mass is 344 g/mol. The van der Waals surface area contributed by atoms with E-state index in [9.17, 15) is 9.59 Å². The van der Waals surface area contributed by atoms with E-state index in [4.69, 9.17) is 4.74 Å². The third-order valence-corrected chi connectivity index (χ3v) is 5.53. The molecule has 3 rings (SSSR count). The second kappa shape index (κ2) is 8.00. The van der Waals surface area contributed by atoms with E-state index in [0.717, 1.165) is 45.2 Å². The van der Waals surface area contributed by atoms with Gasteiger partial charge in [-0.05, 0) is 37.7 Å². The van der Waals surface area contributed by atoms with Crippen molar-refractivity contribution in [1.29, 1.82) is 0 Å². The van der Waals surface area contributed by atoms with Crippen molar-refractivity contribution in [3.05, 3.63) is 35.9 Å². The zero-order valence-corrected chi connectivity index (χ0v) is 15.1. The van der Waals surface area contributed by atoms with Crippen molar-refractivity contribution < 1.29 is 14.3 Å². The van der Waals surface area contributed by atoms with Crippen molar-refractivity contribution in [3.8, 4) is 0 Å². The van der Waals surface area contributed by atoms with Gasteiger partial charge in [0.2, 0.25) is 11.8 Å². The minimum atomic E-state index is -0.353. The number of aryl methyl sites for hydroxylation is 1. The number of methoxy groups -OCH3 is 1. The highest BCUT2D eigenvalue weighted by Gasteiger charge is 2.49. The number of likely N-dealkylation sites (tertiary alicyclic amines) is 2. The molecule has 2 aliphatic rings. The summed E-state index contributed by atoms with van der Waals surface area (Å²) in [4.78, 5) is 29.0. The van der Waals surface area contributed by atoms with Crippen LogP contribution in [0.1, 0.15) is 31.2 Å². The van der Waals surface area contributed by atoms with Gasteiger partial charge in [-0.15, -0.1) is 0 Å². The van der Waals surface area contributed by atoms with Crippen molar-refractivity contribution in [2.75, 3.05) is 39.9 Å². The molecule has 1 atom stereocenters. The highest BCUT2D eigenvalue weighted by atomic mass is 16.5. The van der Waals surface area contributed by atoms with Gasteiger partial charge in [0.15, 0.2) is 0 Å². The largest absolute Gasteiger partial charge is 0.375 e. The van der Waals surface area contributed by atoms with Crippen LogP contribution in [0.15, 0.2) is 30.3 Å². The lowest BCUT2D eigenvalue weighted by atomic mass is 9.78. The summed E-state index contributed by atoms with van der Waals surface area (Å²) in [7, 11) is 1.53. The van der Waals surface area contributed by atoms with E-state index in [1.54, 1.807) is 4.90 Å². The number of carbonyl (C=O) groups excluding carboxylic acids is 2. The van der Waals surface area contributed by atoms with Gasteiger partial charge in [0.1, 0.15) is 6.61 Å². The smallest absolute Gasteiger partial charge is 0.248 e. The van der Waals surface area contributed by atoms with E-state index < -0.39 is 0 Å². The summed E-state index contributed by atoms with van der Waals surface area (Å²) in [6, 6.07) is 10.4. The minimum absolute atomic E-state index is 0.00613. The molecule has 0 aromatic heterocycles. The van der Waals surface area contributed by atoms with E-state index in [1.165, 1.54) is 12.7 Å². The van der Waals surface area contributed by atoms with Gasteiger partial charge in [0.25, 0.3) is 0 Å². The molecule has 2 saturated heterocycles. The molecule has 5 heteroatoms. The fourth-order valence-electron chi connectivity index (χ4n) is 4.16. The lowest BCUT2D eigenvalue weighted by Crippen LogP contribution is -2.50. The standard InChI is InChI=1S/C20H28N2O3/c1-25-15-18(23)22-14-11-20(16-22)10-6-13-21(19(20)24)12-5-9-17-7-3-2-4-8-17/h2-4,7-8H,5-6,9-16H2,1H3. The lowest BCUT2D eigenvalue weighted by Gasteiger charge is -2.39. The van der Waals surface area contributed by atoms with Crippen LogP contribution in [-0.4, -0.2) is 61.5 Å². The number of carbonyl (C=O) groups is 2. The number of rotatable bonds is 6. The maximum atomic E-state index is 13.1. The molecule has 1 spiro atoms. The Morgan fingerprint density at radius 2 is 2.00 bits per heavy atom. The van der Waals surface area contributed by atoms with E-state index >= 15 is 0 Å². The summed E-state index contributed by atoms with van der Waals surface area (Å²) < 4.78 is 4.95. The van der Waals surface area contributed by atoms with E-state index in [-0.39, 0.29) is 23.8 Å². The molecule has 2 amide bonds. The van der Waals surface area contributed by atoms with Crippen LogP contribution in [0.4, 0.5) is 0 Å². The SMILES string of the molecule is COCC(=O)N1CCC2(CCCN(CCCc3ccccc3)C2=O)C1. The predicted octanol–water partition coefficient (Wildman–Crippen LogP) is 2.11. The van der Waals surface area contributed by atoms with Crippen molar-refractivity contribution >= 4 is 11.8 Å². The summed E-state index contributed by atoms with van der Waals surface area (Å²) >= 11 is 0. The minimum Gasteiger partial charge on any atom is -0.375 e. The van der Waals surface area contributed by atoms with Crippen LogP contribution in [0.25, 0.3) is 0 Å². The number of nitrogens with zero attached hydrogens (tertiary/aromatic N) is 2. The molecular weight excluding hydrogens is 316 g/mol. The van der Waals surface area contributed by atoms with Gasteiger partial charge >= 0.3 is 0 Å². The maximum Gasteiger partial charge on any atom is 0.248 e. The number of ether oxygens (including phenoxy) is 1. The topological polar surface area (TPSA) is 49.9 Å². The van der Waals surface area contributed by atoms with Gasteiger partial charge in [0, 0.05) is 33.3 Å². The Labute approximate surface area is 149 Å². The van der Waals surface area contributed by atoms with Crippen molar-refractivity contribution in [2.24, 2.45) is 5.41 Å². The average molecular weight is 344 g/mol. The summed E-state index contributed by atoms with van der Waals surface area (Å²) in [6.45, 7) is 2.99. The predicted molar refractivity (Wildman–Crippen MR) is 96.1 cm³/mol. The van der Waals surface area contributed by atoms with Crippen LogP contribution in [-0.2, 0) is 20.7 Å². The molecule has 0 saturated carbocycles. The van der Waals surface area contributed by atoms with Crippen LogP contribution in [0.2, 0.25) is 0 Å². The second-order valence-corrected chi connectivity index (χ2v) is 7.26. The Hall–Kier alpha value is -1.88. The van der Waals surface area contributed by atoms with E-state index in [2.05, 4.69) is 24.3 Å². The molecule has 0 aliphatic carbocycles. The molecule has 2 aliphatic heterocycles. The molecular formula is C20H28N2O3. The molecule has 2 heterocycles. The van der Waals surface area contributed by atoms with Gasteiger partial charge in [-0.2, -0.15) is 0 Å². The third-order valence-electron chi connectivity index (χ3n) is 5.53. The molecule has 1 unspecified atom stereocenters. The summed E-state index contributed by atoms with van der Waals surface area (Å²) in [5, 5.41) is 0. The van der Waals surface area contributed by atoms with Crippen LogP contribution in [0, 0.1) is 5.41 Å². The van der Waals surface area contributed by atoms with Crippen LogP contribution < -0.4 is 0 Å². The summed E-state index contributed by atoms with van der Waals surface area (Å²) in [5.41, 5.74) is 0.966. The molecule has 0 N–H and O–H groups in total. The van der Waals surface area contributed by atoms with E-state index in [0.29, 0.717) is 13.1 Å². The quantitative estimate of drug-likeness (QED) is 0.794.